The largest absolute Gasteiger partial charge is 0.348 e. The Balaban J connectivity index is 1.53. The number of benzene rings is 2. The summed E-state index contributed by atoms with van der Waals surface area (Å²) in [4.78, 5) is 13.7. The van der Waals surface area contributed by atoms with Crippen molar-refractivity contribution in [3.8, 4) is 0 Å². The smallest absolute Gasteiger partial charge is 0.254 e. The second-order valence-corrected chi connectivity index (χ2v) is 6.80. The second-order valence-electron chi connectivity index (χ2n) is 6.80. The summed E-state index contributed by atoms with van der Waals surface area (Å²) in [5, 5.41) is 7.24. The summed E-state index contributed by atoms with van der Waals surface area (Å²) in [7, 11) is 4.26. The fraction of sp³-hybridized carbons (Fsp3) is 0.238. The van der Waals surface area contributed by atoms with Gasteiger partial charge in [-0.25, -0.2) is 0 Å². The number of aromatic nitrogens is 2. The molecular formula is C21H25N4O+. The van der Waals surface area contributed by atoms with E-state index in [1.165, 1.54) is 10.5 Å². The predicted octanol–water partition coefficient (Wildman–Crippen LogP) is 1.51. The number of nitrogens with zero attached hydrogens (tertiary/aromatic N) is 2. The molecule has 1 amide bonds. The summed E-state index contributed by atoms with van der Waals surface area (Å²) >= 11 is 0. The first-order chi connectivity index (χ1) is 12.6. The van der Waals surface area contributed by atoms with Gasteiger partial charge in [0.25, 0.3) is 5.91 Å². The maximum Gasteiger partial charge on any atom is 0.254 e. The lowest BCUT2D eigenvalue weighted by Gasteiger charge is -2.08. The Kier molecular flexibility index (Phi) is 5.81. The van der Waals surface area contributed by atoms with Crippen LogP contribution in [0.3, 0.4) is 0 Å². The van der Waals surface area contributed by atoms with Crippen LogP contribution in [0, 0.1) is 0 Å². The lowest BCUT2D eigenvalue weighted by molar-refractivity contribution is -0.872. The highest BCUT2D eigenvalue weighted by Crippen LogP contribution is 2.06. The van der Waals surface area contributed by atoms with Crippen LogP contribution in [0.1, 0.15) is 27.0 Å². The maximum atomic E-state index is 12.3. The van der Waals surface area contributed by atoms with Crippen LogP contribution in [-0.4, -0.2) is 29.8 Å². The van der Waals surface area contributed by atoms with Gasteiger partial charge in [-0.3, -0.25) is 9.48 Å². The number of amides is 1. The Morgan fingerprint density at radius 3 is 2.38 bits per heavy atom. The maximum absolute atomic E-state index is 12.3. The standard InChI is InChI=1S/C21H24N4O/c1-24(2)14-19-10-8-17(9-11-19)12-22-21(26)20-13-23-25(16-20)15-18-6-4-3-5-7-18/h3-11,13,16H,12,14-15H2,1-2H3,(H,22,26)/p+1. The fourth-order valence-electron chi connectivity index (χ4n) is 2.81. The van der Waals surface area contributed by atoms with E-state index in [2.05, 4.69) is 48.8 Å². The zero-order valence-corrected chi connectivity index (χ0v) is 15.3. The molecule has 0 spiro atoms. The predicted molar refractivity (Wildman–Crippen MR) is 102 cm³/mol. The van der Waals surface area contributed by atoms with Gasteiger partial charge in [-0.2, -0.15) is 5.10 Å². The first-order valence-corrected chi connectivity index (χ1v) is 8.81. The van der Waals surface area contributed by atoms with Gasteiger partial charge in [-0.15, -0.1) is 0 Å². The van der Waals surface area contributed by atoms with Gasteiger partial charge in [0.05, 0.1) is 32.4 Å². The third kappa shape index (κ3) is 5.04. The molecule has 2 N–H and O–H groups in total. The molecule has 5 heteroatoms. The Bertz CT molecular complexity index is 838. The minimum Gasteiger partial charge on any atom is -0.348 e. The molecule has 3 aromatic rings. The average molecular weight is 349 g/mol. The SMILES string of the molecule is C[NH+](C)Cc1ccc(CNC(=O)c2cnn(Cc3ccccc3)c2)cc1. The third-order valence-electron chi connectivity index (χ3n) is 4.12. The number of quaternary nitrogens is 1. The van der Waals surface area contributed by atoms with Crippen molar-refractivity contribution in [1.82, 2.24) is 15.1 Å². The van der Waals surface area contributed by atoms with Gasteiger partial charge in [0, 0.05) is 18.3 Å². The van der Waals surface area contributed by atoms with E-state index in [9.17, 15) is 4.79 Å². The Labute approximate surface area is 154 Å². The van der Waals surface area contributed by atoms with E-state index in [1.807, 2.05) is 30.3 Å². The minimum atomic E-state index is -0.105. The van der Waals surface area contributed by atoms with Crippen LogP contribution in [0.2, 0.25) is 0 Å². The molecule has 0 saturated carbocycles. The molecule has 1 heterocycles. The lowest BCUT2D eigenvalue weighted by atomic mass is 10.1. The van der Waals surface area contributed by atoms with Crippen LogP contribution >= 0.6 is 0 Å². The molecule has 0 bridgehead atoms. The molecular weight excluding hydrogens is 324 g/mol. The number of rotatable bonds is 7. The van der Waals surface area contributed by atoms with Crippen LogP contribution in [0.15, 0.2) is 67.0 Å². The molecule has 0 atom stereocenters. The topological polar surface area (TPSA) is 51.4 Å². The van der Waals surface area contributed by atoms with Gasteiger partial charge < -0.3 is 10.2 Å². The quantitative estimate of drug-likeness (QED) is 0.679. The van der Waals surface area contributed by atoms with Gasteiger partial charge in [-0.1, -0.05) is 54.6 Å². The van der Waals surface area contributed by atoms with E-state index in [0.29, 0.717) is 18.7 Å². The molecule has 26 heavy (non-hydrogen) atoms. The number of hydrogen-bond donors (Lipinski definition) is 2. The third-order valence-corrected chi connectivity index (χ3v) is 4.12. The normalized spacial score (nSPS) is 10.9. The van der Waals surface area contributed by atoms with Crippen LogP contribution in [0.5, 0.6) is 0 Å². The van der Waals surface area contributed by atoms with E-state index in [-0.39, 0.29) is 5.91 Å². The van der Waals surface area contributed by atoms with E-state index in [1.54, 1.807) is 17.1 Å². The van der Waals surface area contributed by atoms with E-state index >= 15 is 0 Å². The highest BCUT2D eigenvalue weighted by Gasteiger charge is 2.09. The number of carbonyl (C=O) groups excluding carboxylic acids is 1. The van der Waals surface area contributed by atoms with Gasteiger partial charge in [0.1, 0.15) is 6.54 Å². The molecule has 0 fully saturated rings. The molecule has 3 rings (SSSR count). The van der Waals surface area contributed by atoms with Crippen LogP contribution in [0.4, 0.5) is 0 Å². The van der Waals surface area contributed by atoms with Gasteiger partial charge in [0.15, 0.2) is 0 Å². The second kappa shape index (κ2) is 8.45. The summed E-state index contributed by atoms with van der Waals surface area (Å²) in [6.07, 6.45) is 3.40. The van der Waals surface area contributed by atoms with E-state index in [0.717, 1.165) is 17.7 Å². The molecule has 0 aliphatic heterocycles. The van der Waals surface area contributed by atoms with Crippen molar-refractivity contribution in [1.29, 1.82) is 0 Å². The van der Waals surface area contributed by atoms with Crippen molar-refractivity contribution in [3.05, 3.63) is 89.2 Å². The van der Waals surface area contributed by atoms with Gasteiger partial charge >= 0.3 is 0 Å². The van der Waals surface area contributed by atoms with Crippen molar-refractivity contribution >= 4 is 5.91 Å². The number of hydrogen-bond acceptors (Lipinski definition) is 2. The fourth-order valence-corrected chi connectivity index (χ4v) is 2.81. The molecule has 0 saturated heterocycles. The van der Waals surface area contributed by atoms with Crippen molar-refractivity contribution in [3.63, 3.8) is 0 Å². The van der Waals surface area contributed by atoms with Gasteiger partial charge in [-0.05, 0) is 11.1 Å². The molecule has 0 radical (unpaired) electrons. The van der Waals surface area contributed by atoms with Gasteiger partial charge in [0.2, 0.25) is 0 Å². The first-order valence-electron chi connectivity index (χ1n) is 8.81. The van der Waals surface area contributed by atoms with Crippen molar-refractivity contribution in [2.24, 2.45) is 0 Å². The van der Waals surface area contributed by atoms with Crippen LogP contribution in [0.25, 0.3) is 0 Å². The molecule has 134 valence electrons. The van der Waals surface area contributed by atoms with Crippen LogP contribution in [-0.2, 0) is 19.6 Å². The van der Waals surface area contributed by atoms with E-state index in [4.69, 9.17) is 0 Å². The Morgan fingerprint density at radius 1 is 1.00 bits per heavy atom. The summed E-state index contributed by atoms with van der Waals surface area (Å²) in [6, 6.07) is 18.4. The summed E-state index contributed by atoms with van der Waals surface area (Å²) in [6.45, 7) is 2.16. The van der Waals surface area contributed by atoms with Crippen LogP contribution < -0.4 is 10.2 Å². The highest BCUT2D eigenvalue weighted by atomic mass is 16.1. The Hall–Kier alpha value is -2.92. The molecule has 5 nitrogen and oxygen atoms in total. The Morgan fingerprint density at radius 2 is 1.69 bits per heavy atom. The summed E-state index contributed by atoms with van der Waals surface area (Å²) in [5.74, 6) is -0.105. The zero-order valence-electron chi connectivity index (χ0n) is 15.3. The molecule has 0 aliphatic rings. The minimum absolute atomic E-state index is 0.105. The first kappa shape index (κ1) is 17.9. The van der Waals surface area contributed by atoms with Crippen molar-refractivity contribution < 1.29 is 9.69 Å². The molecule has 2 aromatic carbocycles. The van der Waals surface area contributed by atoms with E-state index < -0.39 is 0 Å². The zero-order chi connectivity index (χ0) is 18.4. The average Bonchev–Trinajstić information content (AvgIpc) is 3.10. The van der Waals surface area contributed by atoms with Crippen molar-refractivity contribution in [2.45, 2.75) is 19.6 Å². The molecule has 0 aliphatic carbocycles. The lowest BCUT2D eigenvalue weighted by Crippen LogP contribution is -3.04. The number of nitrogens with one attached hydrogen (secondary N) is 2. The molecule has 0 unspecified atom stereocenters. The highest BCUT2D eigenvalue weighted by molar-refractivity contribution is 5.93. The van der Waals surface area contributed by atoms with Crippen molar-refractivity contribution in [2.75, 3.05) is 14.1 Å². The summed E-state index contributed by atoms with van der Waals surface area (Å²) in [5.41, 5.74) is 4.12. The monoisotopic (exact) mass is 349 g/mol. The molecule has 1 aromatic heterocycles. The number of carbonyl (C=O) groups is 1. The summed E-state index contributed by atoms with van der Waals surface area (Å²) < 4.78 is 1.78.